The van der Waals surface area contributed by atoms with Gasteiger partial charge in [-0.1, -0.05) is 24.9 Å². The normalized spacial score (nSPS) is 11.5. The summed E-state index contributed by atoms with van der Waals surface area (Å²) in [5.41, 5.74) is 4.95. The zero-order chi connectivity index (χ0) is 20.7. The lowest BCUT2D eigenvalue weighted by molar-refractivity contribution is 0.618. The van der Waals surface area contributed by atoms with Gasteiger partial charge in [-0.25, -0.2) is 14.8 Å². The molecule has 0 bridgehead atoms. The summed E-state index contributed by atoms with van der Waals surface area (Å²) in [6.45, 7) is 2.78. The summed E-state index contributed by atoms with van der Waals surface area (Å²) >= 11 is 6.07. The van der Waals surface area contributed by atoms with Crippen LogP contribution in [0.15, 0.2) is 65.6 Å². The third-order valence-corrected chi connectivity index (χ3v) is 5.50. The molecule has 0 amide bonds. The molecule has 0 fully saturated rings. The highest BCUT2D eigenvalue weighted by Crippen LogP contribution is 2.24. The van der Waals surface area contributed by atoms with Gasteiger partial charge in [0.1, 0.15) is 5.82 Å². The summed E-state index contributed by atoms with van der Waals surface area (Å²) in [5, 5.41) is 0.656. The van der Waals surface area contributed by atoms with Crippen LogP contribution in [0.2, 0.25) is 5.02 Å². The molecule has 0 aliphatic carbocycles. The molecular formula is C23H20ClN5O. The minimum Gasteiger partial charge on any atom is -0.338 e. The van der Waals surface area contributed by atoms with Crippen LogP contribution in [-0.4, -0.2) is 24.1 Å². The number of fused-ring (bicyclic) bond motifs is 2. The number of nitrogens with one attached hydrogen (secondary N) is 1. The van der Waals surface area contributed by atoms with Gasteiger partial charge < -0.3 is 4.98 Å². The Balaban J connectivity index is 1.58. The molecule has 0 spiro atoms. The highest BCUT2D eigenvalue weighted by molar-refractivity contribution is 6.31. The average molecular weight is 418 g/mol. The van der Waals surface area contributed by atoms with E-state index in [2.05, 4.69) is 21.9 Å². The van der Waals surface area contributed by atoms with Gasteiger partial charge >= 0.3 is 5.69 Å². The van der Waals surface area contributed by atoms with Crippen LogP contribution in [0.4, 0.5) is 0 Å². The molecule has 3 heterocycles. The zero-order valence-electron chi connectivity index (χ0n) is 16.5. The van der Waals surface area contributed by atoms with Gasteiger partial charge in [-0.2, -0.15) is 0 Å². The van der Waals surface area contributed by atoms with Crippen LogP contribution in [0, 0.1) is 0 Å². The van der Waals surface area contributed by atoms with E-state index in [1.807, 2.05) is 54.6 Å². The smallest absolute Gasteiger partial charge is 0.334 e. The number of aromatic amines is 1. The summed E-state index contributed by atoms with van der Waals surface area (Å²) < 4.78 is 3.48. The minimum atomic E-state index is -0.0664. The molecule has 0 aliphatic heterocycles. The zero-order valence-corrected chi connectivity index (χ0v) is 17.2. The van der Waals surface area contributed by atoms with Crippen molar-refractivity contribution in [2.24, 2.45) is 0 Å². The van der Waals surface area contributed by atoms with Crippen LogP contribution >= 0.6 is 11.6 Å². The molecule has 6 nitrogen and oxygen atoms in total. The van der Waals surface area contributed by atoms with Crippen molar-refractivity contribution >= 4 is 33.8 Å². The third kappa shape index (κ3) is 3.09. The summed E-state index contributed by atoms with van der Waals surface area (Å²) in [6, 6.07) is 17.2. The van der Waals surface area contributed by atoms with E-state index in [0.29, 0.717) is 17.2 Å². The Morgan fingerprint density at radius 3 is 2.73 bits per heavy atom. The van der Waals surface area contributed by atoms with Crippen LogP contribution in [0.5, 0.6) is 0 Å². The molecule has 30 heavy (non-hydrogen) atoms. The highest BCUT2D eigenvalue weighted by Gasteiger charge is 2.15. The number of pyridine rings is 1. The molecule has 0 unspecified atom stereocenters. The maximum Gasteiger partial charge on any atom is 0.334 e. The number of hydrogen-bond acceptors (Lipinski definition) is 3. The predicted octanol–water partition coefficient (Wildman–Crippen LogP) is 5.18. The molecule has 0 aliphatic rings. The lowest BCUT2D eigenvalue weighted by Gasteiger charge is -2.04. The number of imidazole rings is 2. The number of unbranched alkanes of at least 4 members (excludes halogenated alkanes) is 1. The molecule has 150 valence electrons. The van der Waals surface area contributed by atoms with Crippen molar-refractivity contribution in [3.63, 3.8) is 0 Å². The number of H-pyrrole nitrogens is 1. The Morgan fingerprint density at radius 1 is 1.10 bits per heavy atom. The number of benzene rings is 2. The van der Waals surface area contributed by atoms with Gasteiger partial charge in [0.15, 0.2) is 5.65 Å². The maximum absolute atomic E-state index is 13.2. The van der Waals surface area contributed by atoms with E-state index in [4.69, 9.17) is 11.6 Å². The van der Waals surface area contributed by atoms with Gasteiger partial charge in [0, 0.05) is 23.3 Å². The molecule has 2 aromatic carbocycles. The fourth-order valence-electron chi connectivity index (χ4n) is 3.74. The molecule has 5 rings (SSSR count). The van der Waals surface area contributed by atoms with Gasteiger partial charge in [0.05, 0.1) is 22.2 Å². The van der Waals surface area contributed by atoms with Gasteiger partial charge in [-0.15, -0.1) is 0 Å². The highest BCUT2D eigenvalue weighted by atomic mass is 35.5. The molecule has 0 atom stereocenters. The monoisotopic (exact) mass is 417 g/mol. The molecule has 3 aromatic heterocycles. The van der Waals surface area contributed by atoms with E-state index in [1.54, 1.807) is 15.3 Å². The quantitative estimate of drug-likeness (QED) is 0.428. The van der Waals surface area contributed by atoms with E-state index in [9.17, 15) is 4.79 Å². The lowest BCUT2D eigenvalue weighted by atomic mass is 10.2. The minimum absolute atomic E-state index is 0.0664. The Bertz CT molecular complexity index is 1410. The molecule has 5 aromatic rings. The summed E-state index contributed by atoms with van der Waals surface area (Å²) in [7, 11) is 0. The molecule has 7 heteroatoms. The van der Waals surface area contributed by atoms with Crippen LogP contribution in [-0.2, 0) is 6.54 Å². The lowest BCUT2D eigenvalue weighted by Crippen LogP contribution is -2.23. The standard InChI is InChI=1S/C23H20ClN5O/c1-2-3-13-28-22-20(5-4-12-25-22)29(23(28)30)17-9-6-15(7-10-17)21-26-18-11-8-16(24)14-19(18)27-21/h4-12,14H,2-3,13H2,1H3,(H,26,27). The van der Waals surface area contributed by atoms with Crippen molar-refractivity contribution in [3.8, 4) is 17.1 Å². The largest absolute Gasteiger partial charge is 0.338 e. The first-order valence-electron chi connectivity index (χ1n) is 9.98. The Hall–Kier alpha value is -3.38. The molecule has 0 radical (unpaired) electrons. The summed E-state index contributed by atoms with van der Waals surface area (Å²) in [5.74, 6) is 0.762. The van der Waals surface area contributed by atoms with Crippen molar-refractivity contribution in [2.75, 3.05) is 0 Å². The van der Waals surface area contributed by atoms with Crippen molar-refractivity contribution < 1.29 is 0 Å². The topological polar surface area (TPSA) is 68.5 Å². The number of nitrogens with zero attached hydrogens (tertiary/aromatic N) is 4. The summed E-state index contributed by atoms with van der Waals surface area (Å²) in [4.78, 5) is 25.6. The first kappa shape index (κ1) is 18.6. The van der Waals surface area contributed by atoms with Crippen LogP contribution in [0.3, 0.4) is 0 Å². The van der Waals surface area contributed by atoms with Crippen molar-refractivity contribution in [2.45, 2.75) is 26.3 Å². The van der Waals surface area contributed by atoms with Gasteiger partial charge in [0.2, 0.25) is 0 Å². The van der Waals surface area contributed by atoms with E-state index >= 15 is 0 Å². The van der Waals surface area contributed by atoms with E-state index < -0.39 is 0 Å². The van der Waals surface area contributed by atoms with E-state index in [-0.39, 0.29) is 5.69 Å². The number of aryl methyl sites for hydroxylation is 1. The number of halogens is 1. The van der Waals surface area contributed by atoms with Gasteiger partial charge in [0.25, 0.3) is 0 Å². The van der Waals surface area contributed by atoms with E-state index in [1.165, 1.54) is 0 Å². The molecule has 0 saturated heterocycles. The number of aromatic nitrogens is 5. The second-order valence-corrected chi connectivity index (χ2v) is 7.70. The first-order valence-corrected chi connectivity index (χ1v) is 10.4. The fourth-order valence-corrected chi connectivity index (χ4v) is 3.90. The third-order valence-electron chi connectivity index (χ3n) is 5.26. The Morgan fingerprint density at radius 2 is 1.93 bits per heavy atom. The first-order chi connectivity index (χ1) is 14.7. The van der Waals surface area contributed by atoms with Crippen LogP contribution < -0.4 is 5.69 Å². The van der Waals surface area contributed by atoms with Crippen LogP contribution in [0.25, 0.3) is 39.3 Å². The van der Waals surface area contributed by atoms with Gasteiger partial charge in [-0.3, -0.25) is 9.13 Å². The Labute approximate surface area is 177 Å². The Kier molecular flexibility index (Phi) is 4.64. The van der Waals surface area contributed by atoms with E-state index in [0.717, 1.165) is 46.5 Å². The SMILES string of the molecule is CCCCn1c(=O)n(-c2ccc(-c3nc4cc(Cl)ccc4[nH]3)cc2)c2cccnc21. The summed E-state index contributed by atoms with van der Waals surface area (Å²) in [6.07, 6.45) is 3.68. The van der Waals surface area contributed by atoms with Crippen molar-refractivity contribution in [3.05, 3.63) is 76.3 Å². The van der Waals surface area contributed by atoms with Crippen molar-refractivity contribution in [1.82, 2.24) is 24.1 Å². The van der Waals surface area contributed by atoms with Crippen LogP contribution in [0.1, 0.15) is 19.8 Å². The number of rotatable bonds is 5. The second kappa shape index (κ2) is 7.46. The van der Waals surface area contributed by atoms with Crippen molar-refractivity contribution in [1.29, 1.82) is 0 Å². The number of hydrogen-bond donors (Lipinski definition) is 1. The average Bonchev–Trinajstić information content (AvgIpc) is 3.30. The van der Waals surface area contributed by atoms with Gasteiger partial charge in [-0.05, 0) is 61.0 Å². The predicted molar refractivity (Wildman–Crippen MR) is 120 cm³/mol. The molecule has 0 saturated carbocycles. The fraction of sp³-hybridized carbons (Fsp3) is 0.174. The second-order valence-electron chi connectivity index (χ2n) is 7.26. The molecular weight excluding hydrogens is 398 g/mol. The molecule has 1 N–H and O–H groups in total. The maximum atomic E-state index is 13.2.